The molecule has 0 saturated heterocycles. The number of carboxylic acid groups (broad SMARTS) is 1. The Balaban J connectivity index is 1.69. The van der Waals surface area contributed by atoms with Gasteiger partial charge in [-0.25, -0.2) is 9.48 Å². The normalized spacial score (nSPS) is 16.3. The Kier molecular flexibility index (Phi) is 3.85. The van der Waals surface area contributed by atoms with Gasteiger partial charge in [-0.1, -0.05) is 18.2 Å². The third-order valence-corrected chi connectivity index (χ3v) is 5.20. The molecule has 7 heteroatoms. The molecule has 126 valence electrons. The lowest BCUT2D eigenvalue weighted by atomic mass is 9.87. The second-order valence-corrected chi connectivity index (χ2v) is 6.95. The number of thiophene rings is 1. The van der Waals surface area contributed by atoms with Crippen LogP contribution in [-0.2, 0) is 11.3 Å². The molecule has 1 amide bonds. The van der Waals surface area contributed by atoms with E-state index < -0.39 is 5.97 Å². The van der Waals surface area contributed by atoms with Gasteiger partial charge in [0.15, 0.2) is 0 Å². The van der Waals surface area contributed by atoms with Gasteiger partial charge >= 0.3 is 5.97 Å². The number of carboxylic acids is 1. The molecule has 0 bridgehead atoms. The number of hydrogen-bond acceptors (Lipinski definition) is 4. The van der Waals surface area contributed by atoms with Crippen molar-refractivity contribution in [3.05, 3.63) is 69.5 Å². The van der Waals surface area contributed by atoms with E-state index in [0.29, 0.717) is 13.0 Å². The van der Waals surface area contributed by atoms with Crippen molar-refractivity contribution in [2.45, 2.75) is 18.9 Å². The van der Waals surface area contributed by atoms with Gasteiger partial charge in [0.1, 0.15) is 5.82 Å². The van der Waals surface area contributed by atoms with Crippen LogP contribution in [0.25, 0.3) is 0 Å². The fraction of sp³-hybridized carbons (Fsp3) is 0.167. The van der Waals surface area contributed by atoms with E-state index in [-0.39, 0.29) is 17.4 Å². The van der Waals surface area contributed by atoms with Gasteiger partial charge in [0.05, 0.1) is 18.3 Å². The van der Waals surface area contributed by atoms with Crippen LogP contribution < -0.4 is 5.32 Å². The molecule has 1 aromatic carbocycles. The van der Waals surface area contributed by atoms with Crippen LogP contribution in [0.15, 0.2) is 48.0 Å². The molecule has 2 aromatic heterocycles. The van der Waals surface area contributed by atoms with Crippen LogP contribution in [0.5, 0.6) is 0 Å². The maximum atomic E-state index is 12.2. The third-order valence-electron chi connectivity index (χ3n) is 4.34. The van der Waals surface area contributed by atoms with E-state index in [1.807, 2.05) is 17.5 Å². The molecule has 2 N–H and O–H groups in total. The highest BCUT2D eigenvalue weighted by Crippen LogP contribution is 2.37. The Morgan fingerprint density at radius 3 is 2.80 bits per heavy atom. The molecule has 0 radical (unpaired) electrons. The number of rotatable bonds is 4. The number of aromatic nitrogens is 2. The number of carbonyl (C=O) groups excluding carboxylic acids is 1. The quantitative estimate of drug-likeness (QED) is 0.754. The third kappa shape index (κ3) is 2.94. The Labute approximate surface area is 147 Å². The number of nitrogens with zero attached hydrogens (tertiary/aromatic N) is 2. The number of hydrogen-bond donors (Lipinski definition) is 2. The number of benzene rings is 1. The monoisotopic (exact) mass is 353 g/mol. The highest BCUT2D eigenvalue weighted by Gasteiger charge is 2.30. The predicted molar refractivity (Wildman–Crippen MR) is 94.1 cm³/mol. The zero-order valence-corrected chi connectivity index (χ0v) is 14.0. The molecule has 0 spiro atoms. The van der Waals surface area contributed by atoms with Gasteiger partial charge in [0.25, 0.3) is 0 Å². The number of amides is 1. The Hall–Kier alpha value is -2.93. The van der Waals surface area contributed by atoms with Crippen molar-refractivity contribution in [3.8, 4) is 0 Å². The zero-order chi connectivity index (χ0) is 17.4. The van der Waals surface area contributed by atoms with E-state index >= 15 is 0 Å². The van der Waals surface area contributed by atoms with Crippen molar-refractivity contribution in [2.75, 3.05) is 5.32 Å². The smallest absolute Gasteiger partial charge is 0.335 e. The van der Waals surface area contributed by atoms with Crippen LogP contribution in [0.3, 0.4) is 0 Å². The van der Waals surface area contributed by atoms with Gasteiger partial charge in [0.2, 0.25) is 5.91 Å². The number of fused-ring (bicyclic) bond motifs is 1. The SMILES string of the molecule is O=C1C[C@H](c2ccc(C(=O)O)cc2)c2cnn(Cc3cccs3)c2N1. The predicted octanol–water partition coefficient (Wildman–Crippen LogP) is 3.17. The number of carbonyl (C=O) groups is 2. The van der Waals surface area contributed by atoms with Crippen molar-refractivity contribution in [3.63, 3.8) is 0 Å². The van der Waals surface area contributed by atoms with E-state index in [0.717, 1.165) is 21.8 Å². The summed E-state index contributed by atoms with van der Waals surface area (Å²) in [7, 11) is 0. The minimum absolute atomic E-state index is 0.0623. The van der Waals surface area contributed by atoms with E-state index in [9.17, 15) is 9.59 Å². The van der Waals surface area contributed by atoms with Crippen molar-refractivity contribution in [1.29, 1.82) is 0 Å². The first-order chi connectivity index (χ1) is 12.1. The maximum absolute atomic E-state index is 12.2. The van der Waals surface area contributed by atoms with E-state index in [4.69, 9.17) is 5.11 Å². The Morgan fingerprint density at radius 1 is 1.32 bits per heavy atom. The number of aromatic carboxylic acids is 1. The van der Waals surface area contributed by atoms with Gasteiger partial charge in [-0.05, 0) is 29.1 Å². The van der Waals surface area contributed by atoms with Gasteiger partial charge in [-0.15, -0.1) is 11.3 Å². The number of anilines is 1. The Bertz CT molecular complexity index is 929. The first-order valence-electron chi connectivity index (χ1n) is 7.83. The molecule has 0 aliphatic carbocycles. The second-order valence-electron chi connectivity index (χ2n) is 5.92. The van der Waals surface area contributed by atoms with Crippen LogP contribution in [-0.4, -0.2) is 26.8 Å². The minimum Gasteiger partial charge on any atom is -0.478 e. The Morgan fingerprint density at radius 2 is 2.12 bits per heavy atom. The maximum Gasteiger partial charge on any atom is 0.335 e. The van der Waals surface area contributed by atoms with Crippen molar-refractivity contribution < 1.29 is 14.7 Å². The highest BCUT2D eigenvalue weighted by atomic mass is 32.1. The molecule has 6 nitrogen and oxygen atoms in total. The lowest BCUT2D eigenvalue weighted by molar-refractivity contribution is -0.116. The summed E-state index contributed by atoms with van der Waals surface area (Å²) in [6.45, 7) is 0.609. The van der Waals surface area contributed by atoms with Crippen LogP contribution in [0, 0.1) is 0 Å². The van der Waals surface area contributed by atoms with Crippen LogP contribution >= 0.6 is 11.3 Å². The van der Waals surface area contributed by atoms with E-state index in [2.05, 4.69) is 10.4 Å². The zero-order valence-electron chi connectivity index (χ0n) is 13.2. The van der Waals surface area contributed by atoms with E-state index in [1.165, 1.54) is 0 Å². The molecular weight excluding hydrogens is 338 g/mol. The van der Waals surface area contributed by atoms with Crippen molar-refractivity contribution in [1.82, 2.24) is 9.78 Å². The van der Waals surface area contributed by atoms with Gasteiger partial charge in [-0.3, -0.25) is 4.79 Å². The molecule has 0 saturated carbocycles. The van der Waals surface area contributed by atoms with Gasteiger partial charge < -0.3 is 10.4 Å². The lowest BCUT2D eigenvalue weighted by Gasteiger charge is -2.23. The molecule has 0 fully saturated rings. The topological polar surface area (TPSA) is 84.2 Å². The summed E-state index contributed by atoms with van der Waals surface area (Å²) in [4.78, 5) is 24.4. The fourth-order valence-corrected chi connectivity index (χ4v) is 3.78. The molecular formula is C18H15N3O3S. The van der Waals surface area contributed by atoms with Crippen molar-refractivity contribution in [2.24, 2.45) is 0 Å². The lowest BCUT2D eigenvalue weighted by Crippen LogP contribution is -2.25. The summed E-state index contributed by atoms with van der Waals surface area (Å²) in [5, 5.41) is 18.4. The summed E-state index contributed by atoms with van der Waals surface area (Å²) in [5.41, 5.74) is 2.11. The second kappa shape index (κ2) is 6.18. The molecule has 0 unspecified atom stereocenters. The summed E-state index contributed by atoms with van der Waals surface area (Å²) >= 11 is 1.64. The summed E-state index contributed by atoms with van der Waals surface area (Å²) in [5.74, 6) is -0.425. The molecule has 1 atom stereocenters. The standard InChI is InChI=1S/C18H15N3O3S/c22-16-8-14(11-3-5-12(6-4-11)18(23)24)15-9-19-21(17(15)20-16)10-13-2-1-7-25-13/h1-7,9,14H,8,10H2,(H,20,22)(H,23,24)/t14-/m1/s1. The molecule has 25 heavy (non-hydrogen) atoms. The van der Waals surface area contributed by atoms with Crippen LogP contribution in [0.4, 0.5) is 5.82 Å². The molecule has 1 aliphatic rings. The van der Waals surface area contributed by atoms with Gasteiger partial charge in [-0.2, -0.15) is 5.10 Å². The van der Waals surface area contributed by atoms with Crippen LogP contribution in [0.1, 0.15) is 38.7 Å². The summed E-state index contributed by atoms with van der Waals surface area (Å²) in [6, 6.07) is 10.7. The largest absolute Gasteiger partial charge is 0.478 e. The average Bonchev–Trinajstić information content (AvgIpc) is 3.25. The number of nitrogens with one attached hydrogen (secondary N) is 1. The van der Waals surface area contributed by atoms with Crippen molar-refractivity contribution >= 4 is 29.0 Å². The molecule has 1 aliphatic heterocycles. The molecule has 3 aromatic rings. The molecule has 4 rings (SSSR count). The fourth-order valence-electron chi connectivity index (χ4n) is 3.10. The molecule has 3 heterocycles. The summed E-state index contributed by atoms with van der Waals surface area (Å²) in [6.07, 6.45) is 2.11. The van der Waals surface area contributed by atoms with E-state index in [1.54, 1.807) is 46.5 Å². The highest BCUT2D eigenvalue weighted by molar-refractivity contribution is 7.09. The van der Waals surface area contributed by atoms with Crippen LogP contribution in [0.2, 0.25) is 0 Å². The minimum atomic E-state index is -0.961. The first-order valence-corrected chi connectivity index (χ1v) is 8.71. The first kappa shape index (κ1) is 15.6. The average molecular weight is 353 g/mol. The summed E-state index contributed by atoms with van der Waals surface area (Å²) < 4.78 is 1.80. The van der Waals surface area contributed by atoms with Gasteiger partial charge in [0, 0.05) is 22.8 Å².